The lowest BCUT2D eigenvalue weighted by atomic mass is 10.2. The van der Waals surface area contributed by atoms with Gasteiger partial charge in [-0.3, -0.25) is 4.79 Å². The number of nitrogens with one attached hydrogen (secondary N) is 1. The number of amides is 1. The zero-order valence-corrected chi connectivity index (χ0v) is 13.3. The van der Waals surface area contributed by atoms with Gasteiger partial charge >= 0.3 is 0 Å². The molecular weight excluding hydrogens is 318 g/mol. The van der Waals surface area contributed by atoms with Crippen molar-refractivity contribution in [3.63, 3.8) is 0 Å². The molecule has 2 rings (SSSR count). The Balaban J connectivity index is 0.00000220. The molecule has 1 N–H and O–H groups in total. The van der Waals surface area contributed by atoms with E-state index in [-0.39, 0.29) is 36.0 Å². The van der Waals surface area contributed by atoms with E-state index in [1.165, 1.54) is 18.2 Å². The largest absolute Gasteiger partial charge is 0.484 e. The lowest BCUT2D eigenvalue weighted by molar-refractivity contribution is -0.134. The molecule has 118 valence electrons. The van der Waals surface area contributed by atoms with E-state index in [2.05, 4.69) is 5.32 Å². The Kier molecular flexibility index (Phi) is 7.22. The highest BCUT2D eigenvalue weighted by atomic mass is 35.5. The van der Waals surface area contributed by atoms with E-state index in [9.17, 15) is 9.18 Å². The molecule has 4 nitrogen and oxygen atoms in total. The summed E-state index contributed by atoms with van der Waals surface area (Å²) in [7, 11) is 1.87. The summed E-state index contributed by atoms with van der Waals surface area (Å²) < 4.78 is 18.4. The minimum atomic E-state index is -0.501. The van der Waals surface area contributed by atoms with Gasteiger partial charge in [-0.2, -0.15) is 0 Å². The van der Waals surface area contributed by atoms with Gasteiger partial charge < -0.3 is 15.0 Å². The van der Waals surface area contributed by atoms with E-state index in [1.54, 1.807) is 0 Å². The van der Waals surface area contributed by atoms with Crippen LogP contribution in [0.1, 0.15) is 12.8 Å². The Morgan fingerprint density at radius 2 is 2.33 bits per heavy atom. The van der Waals surface area contributed by atoms with Crippen molar-refractivity contribution in [3.8, 4) is 5.75 Å². The molecule has 1 fully saturated rings. The molecule has 1 aromatic rings. The van der Waals surface area contributed by atoms with Crippen LogP contribution >= 0.6 is 24.0 Å². The van der Waals surface area contributed by atoms with Crippen molar-refractivity contribution in [3.05, 3.63) is 29.0 Å². The first-order valence-corrected chi connectivity index (χ1v) is 7.01. The quantitative estimate of drug-likeness (QED) is 0.898. The SMILES string of the molecule is CNCC1CCCN1C(=O)COc1ccc(F)c(Cl)c1.Cl. The highest BCUT2D eigenvalue weighted by Crippen LogP contribution is 2.22. The van der Waals surface area contributed by atoms with Crippen molar-refractivity contribution in [1.29, 1.82) is 0 Å². The average molecular weight is 337 g/mol. The minimum absolute atomic E-state index is 0. The van der Waals surface area contributed by atoms with Gasteiger partial charge in [0.15, 0.2) is 6.61 Å². The summed E-state index contributed by atoms with van der Waals surface area (Å²) in [5.41, 5.74) is 0. The van der Waals surface area contributed by atoms with Crippen LogP contribution in [0, 0.1) is 5.82 Å². The lowest BCUT2D eigenvalue weighted by Crippen LogP contribution is -2.43. The fourth-order valence-corrected chi connectivity index (χ4v) is 2.58. The zero-order chi connectivity index (χ0) is 14.5. The fourth-order valence-electron chi connectivity index (χ4n) is 2.41. The maximum absolute atomic E-state index is 13.0. The molecule has 0 spiro atoms. The predicted octanol–water partition coefficient (Wildman–Crippen LogP) is 2.49. The molecule has 21 heavy (non-hydrogen) atoms. The monoisotopic (exact) mass is 336 g/mol. The van der Waals surface area contributed by atoms with Crippen LogP contribution in [-0.2, 0) is 4.79 Å². The molecule has 1 aliphatic rings. The Morgan fingerprint density at radius 3 is 3.00 bits per heavy atom. The third kappa shape index (κ3) is 4.73. The number of carbonyl (C=O) groups is 1. The van der Waals surface area contributed by atoms with Crippen molar-refractivity contribution >= 4 is 29.9 Å². The number of rotatable bonds is 5. The second kappa shape index (κ2) is 8.41. The van der Waals surface area contributed by atoms with Gasteiger partial charge in [-0.25, -0.2) is 4.39 Å². The summed E-state index contributed by atoms with van der Waals surface area (Å²) in [6.45, 7) is 1.50. The number of likely N-dealkylation sites (tertiary alicyclic amines) is 1. The van der Waals surface area contributed by atoms with E-state index in [0.717, 1.165) is 25.9 Å². The molecule has 1 aromatic carbocycles. The standard InChI is InChI=1S/C14H18ClFN2O2.ClH/c1-17-8-10-3-2-6-18(10)14(19)9-20-11-4-5-13(16)12(15)7-11;/h4-5,7,10,17H,2-3,6,8-9H2,1H3;1H. The highest BCUT2D eigenvalue weighted by Gasteiger charge is 2.28. The van der Waals surface area contributed by atoms with E-state index >= 15 is 0 Å². The van der Waals surface area contributed by atoms with Crippen LogP contribution in [0.4, 0.5) is 4.39 Å². The fraction of sp³-hybridized carbons (Fsp3) is 0.500. The number of benzene rings is 1. The predicted molar refractivity (Wildman–Crippen MR) is 82.8 cm³/mol. The average Bonchev–Trinajstić information content (AvgIpc) is 2.88. The number of carbonyl (C=O) groups excluding carboxylic acids is 1. The molecule has 1 aliphatic heterocycles. The summed E-state index contributed by atoms with van der Waals surface area (Å²) in [5.74, 6) is -0.156. The maximum atomic E-state index is 13.0. The molecule has 0 radical (unpaired) electrons. The van der Waals surface area contributed by atoms with Crippen LogP contribution in [0.5, 0.6) is 5.75 Å². The van der Waals surface area contributed by atoms with Crippen LogP contribution < -0.4 is 10.1 Å². The van der Waals surface area contributed by atoms with Gasteiger partial charge in [0, 0.05) is 25.2 Å². The third-order valence-electron chi connectivity index (χ3n) is 3.39. The summed E-state index contributed by atoms with van der Waals surface area (Å²) >= 11 is 5.66. The highest BCUT2D eigenvalue weighted by molar-refractivity contribution is 6.30. The van der Waals surface area contributed by atoms with Crippen LogP contribution in [0.3, 0.4) is 0 Å². The van der Waals surface area contributed by atoms with E-state index in [0.29, 0.717) is 5.75 Å². The number of likely N-dealkylation sites (N-methyl/N-ethyl adjacent to an activating group) is 1. The molecule has 1 heterocycles. The van der Waals surface area contributed by atoms with Gasteiger partial charge in [0.2, 0.25) is 0 Å². The third-order valence-corrected chi connectivity index (χ3v) is 3.68. The Morgan fingerprint density at radius 1 is 1.57 bits per heavy atom. The Labute approximate surface area is 135 Å². The van der Waals surface area contributed by atoms with Gasteiger partial charge in [-0.05, 0) is 32.0 Å². The van der Waals surface area contributed by atoms with E-state index < -0.39 is 5.82 Å². The van der Waals surface area contributed by atoms with E-state index in [1.807, 2.05) is 11.9 Å². The van der Waals surface area contributed by atoms with Crippen molar-refractivity contribution in [1.82, 2.24) is 10.2 Å². The first kappa shape index (κ1) is 18.0. The van der Waals surface area contributed by atoms with Gasteiger partial charge in [-0.1, -0.05) is 11.6 Å². The summed E-state index contributed by atoms with van der Waals surface area (Å²) in [4.78, 5) is 14.0. The molecule has 0 aromatic heterocycles. The molecule has 0 saturated carbocycles. The normalized spacial score (nSPS) is 17.5. The second-order valence-electron chi connectivity index (χ2n) is 4.81. The Hall–Kier alpha value is -1.04. The molecule has 1 saturated heterocycles. The van der Waals surface area contributed by atoms with Crippen LogP contribution in [0.15, 0.2) is 18.2 Å². The summed E-state index contributed by atoms with van der Waals surface area (Å²) in [6, 6.07) is 4.29. The van der Waals surface area contributed by atoms with Gasteiger partial charge in [0.25, 0.3) is 5.91 Å². The van der Waals surface area contributed by atoms with E-state index in [4.69, 9.17) is 16.3 Å². The summed E-state index contributed by atoms with van der Waals surface area (Å²) in [5, 5.41) is 3.08. The number of hydrogen-bond acceptors (Lipinski definition) is 3. The first-order chi connectivity index (χ1) is 9.61. The molecular formula is C14H19Cl2FN2O2. The van der Waals surface area contributed by atoms with Crippen LogP contribution in [-0.4, -0.2) is 43.6 Å². The number of nitrogens with zero attached hydrogens (tertiary/aromatic N) is 1. The van der Waals surface area contributed by atoms with Gasteiger partial charge in [0.1, 0.15) is 11.6 Å². The zero-order valence-electron chi connectivity index (χ0n) is 11.8. The Bertz CT molecular complexity index is 488. The smallest absolute Gasteiger partial charge is 0.260 e. The minimum Gasteiger partial charge on any atom is -0.484 e. The molecule has 0 bridgehead atoms. The van der Waals surface area contributed by atoms with Gasteiger partial charge in [0.05, 0.1) is 5.02 Å². The lowest BCUT2D eigenvalue weighted by Gasteiger charge is -2.24. The van der Waals surface area contributed by atoms with Gasteiger partial charge in [-0.15, -0.1) is 12.4 Å². The van der Waals surface area contributed by atoms with Crippen LogP contribution in [0.2, 0.25) is 5.02 Å². The number of hydrogen-bond donors (Lipinski definition) is 1. The van der Waals surface area contributed by atoms with Crippen molar-refractivity contribution in [2.24, 2.45) is 0 Å². The molecule has 1 amide bonds. The molecule has 1 atom stereocenters. The maximum Gasteiger partial charge on any atom is 0.260 e. The van der Waals surface area contributed by atoms with Crippen LogP contribution in [0.25, 0.3) is 0 Å². The second-order valence-corrected chi connectivity index (χ2v) is 5.21. The number of ether oxygens (including phenoxy) is 1. The number of halogens is 3. The van der Waals surface area contributed by atoms with Crippen molar-refractivity contribution in [2.75, 3.05) is 26.7 Å². The summed E-state index contributed by atoms with van der Waals surface area (Å²) in [6.07, 6.45) is 2.02. The van der Waals surface area contributed by atoms with Crippen molar-refractivity contribution < 1.29 is 13.9 Å². The topological polar surface area (TPSA) is 41.6 Å². The van der Waals surface area contributed by atoms with Crippen molar-refractivity contribution in [2.45, 2.75) is 18.9 Å². The first-order valence-electron chi connectivity index (χ1n) is 6.63. The molecule has 1 unspecified atom stereocenters. The molecule has 7 heteroatoms. The molecule has 0 aliphatic carbocycles.